The molecular formula is C22H31FO3. The molecule has 0 aromatic heterocycles. The zero-order valence-electron chi connectivity index (χ0n) is 15.6. The summed E-state index contributed by atoms with van der Waals surface area (Å²) >= 11 is 0. The molecule has 0 radical (unpaired) electrons. The molecule has 1 rings (SSSR count). The molecule has 1 aliphatic rings. The molecule has 3 atom stereocenters. The van der Waals surface area contributed by atoms with Crippen LogP contribution in [0.25, 0.3) is 0 Å². The van der Waals surface area contributed by atoms with Gasteiger partial charge in [0.15, 0.2) is 0 Å². The van der Waals surface area contributed by atoms with Gasteiger partial charge in [0.25, 0.3) is 0 Å². The minimum atomic E-state index is -0.897. The first-order chi connectivity index (χ1) is 12.5. The van der Waals surface area contributed by atoms with Gasteiger partial charge in [-0.2, -0.15) is 0 Å². The largest absolute Gasteiger partial charge is 0.498 e. The SMILES string of the molecule is C=C/C=C\C(F)CCC1CCCC(O/C=C/C=C\C(=C/C)CC(=O)O)C1. The molecule has 1 N–H and O–H groups in total. The third-order valence-corrected chi connectivity index (χ3v) is 4.54. The number of carboxylic acids is 1. The van der Waals surface area contributed by atoms with E-state index in [9.17, 15) is 9.18 Å². The summed E-state index contributed by atoms with van der Waals surface area (Å²) in [5.41, 5.74) is 0.756. The van der Waals surface area contributed by atoms with Crippen molar-refractivity contribution in [3.8, 4) is 0 Å². The molecule has 144 valence electrons. The molecular weight excluding hydrogens is 331 g/mol. The third-order valence-electron chi connectivity index (χ3n) is 4.54. The summed E-state index contributed by atoms with van der Waals surface area (Å²) in [6.45, 7) is 5.37. The van der Waals surface area contributed by atoms with Crippen molar-refractivity contribution in [3.05, 3.63) is 60.9 Å². The Morgan fingerprint density at radius 1 is 1.35 bits per heavy atom. The van der Waals surface area contributed by atoms with Gasteiger partial charge in [-0.05, 0) is 56.6 Å². The average Bonchev–Trinajstić information content (AvgIpc) is 2.63. The number of alkyl halides is 1. The van der Waals surface area contributed by atoms with E-state index < -0.39 is 12.1 Å². The van der Waals surface area contributed by atoms with Crippen molar-refractivity contribution in [2.45, 2.75) is 64.1 Å². The lowest BCUT2D eigenvalue weighted by molar-refractivity contribution is -0.136. The van der Waals surface area contributed by atoms with Crippen molar-refractivity contribution in [3.63, 3.8) is 0 Å². The number of halogens is 1. The minimum Gasteiger partial charge on any atom is -0.498 e. The van der Waals surface area contributed by atoms with Gasteiger partial charge in [0.1, 0.15) is 6.17 Å². The Labute approximate surface area is 156 Å². The van der Waals surface area contributed by atoms with Crippen LogP contribution in [0.1, 0.15) is 51.9 Å². The van der Waals surface area contributed by atoms with E-state index in [1.807, 2.05) is 6.92 Å². The van der Waals surface area contributed by atoms with Crippen LogP contribution in [0.3, 0.4) is 0 Å². The second kappa shape index (κ2) is 13.2. The number of aliphatic carboxylic acids is 1. The number of carbonyl (C=O) groups is 1. The smallest absolute Gasteiger partial charge is 0.307 e. The Morgan fingerprint density at radius 2 is 2.15 bits per heavy atom. The zero-order valence-corrected chi connectivity index (χ0v) is 15.6. The highest BCUT2D eigenvalue weighted by atomic mass is 19.1. The average molecular weight is 362 g/mol. The van der Waals surface area contributed by atoms with Crippen molar-refractivity contribution >= 4 is 5.97 Å². The molecule has 0 spiro atoms. The van der Waals surface area contributed by atoms with E-state index in [1.54, 1.807) is 48.8 Å². The van der Waals surface area contributed by atoms with Gasteiger partial charge in [0, 0.05) is 0 Å². The van der Waals surface area contributed by atoms with Gasteiger partial charge in [-0.3, -0.25) is 4.79 Å². The second-order valence-corrected chi connectivity index (χ2v) is 6.63. The van der Waals surface area contributed by atoms with Crippen LogP contribution in [0, 0.1) is 5.92 Å². The first-order valence-electron chi connectivity index (χ1n) is 9.34. The second-order valence-electron chi connectivity index (χ2n) is 6.63. The van der Waals surface area contributed by atoms with E-state index in [0.717, 1.165) is 37.7 Å². The van der Waals surface area contributed by atoms with E-state index >= 15 is 0 Å². The first-order valence-corrected chi connectivity index (χ1v) is 9.34. The van der Waals surface area contributed by atoms with Crippen LogP contribution < -0.4 is 0 Å². The van der Waals surface area contributed by atoms with Crippen LogP contribution in [0.2, 0.25) is 0 Å². The Hall–Kier alpha value is -2.10. The summed E-state index contributed by atoms with van der Waals surface area (Å²) in [5.74, 6) is -0.329. The molecule has 0 heterocycles. The Balaban J connectivity index is 2.33. The van der Waals surface area contributed by atoms with Crippen molar-refractivity contribution in [2.75, 3.05) is 0 Å². The first kappa shape index (κ1) is 21.9. The summed E-state index contributed by atoms with van der Waals surface area (Å²) in [7, 11) is 0. The molecule has 4 heteroatoms. The fourth-order valence-corrected chi connectivity index (χ4v) is 3.13. The van der Waals surface area contributed by atoms with Crippen molar-refractivity contribution in [1.82, 2.24) is 0 Å². The number of ether oxygens (including phenoxy) is 1. The molecule has 0 bridgehead atoms. The molecule has 1 saturated carbocycles. The monoisotopic (exact) mass is 362 g/mol. The van der Waals surface area contributed by atoms with Crippen LogP contribution in [-0.4, -0.2) is 23.4 Å². The van der Waals surface area contributed by atoms with E-state index in [2.05, 4.69) is 6.58 Å². The van der Waals surface area contributed by atoms with Gasteiger partial charge < -0.3 is 9.84 Å². The highest BCUT2D eigenvalue weighted by Gasteiger charge is 2.22. The maximum Gasteiger partial charge on any atom is 0.307 e. The lowest BCUT2D eigenvalue weighted by atomic mass is 9.84. The minimum absolute atomic E-state index is 0.0174. The van der Waals surface area contributed by atoms with Crippen molar-refractivity contribution < 1.29 is 19.0 Å². The number of hydrogen-bond donors (Lipinski definition) is 1. The molecule has 0 amide bonds. The number of carboxylic acid groups (broad SMARTS) is 1. The van der Waals surface area contributed by atoms with E-state index in [4.69, 9.17) is 9.84 Å². The van der Waals surface area contributed by atoms with Gasteiger partial charge in [0.2, 0.25) is 0 Å². The van der Waals surface area contributed by atoms with Crippen molar-refractivity contribution in [2.24, 2.45) is 5.92 Å². The maximum atomic E-state index is 13.7. The Bertz CT molecular complexity index is 546. The number of allylic oxidation sites excluding steroid dienone is 7. The summed E-state index contributed by atoms with van der Waals surface area (Å²) in [6.07, 6.45) is 18.6. The van der Waals surface area contributed by atoms with Crippen LogP contribution in [0.15, 0.2) is 60.9 Å². The number of rotatable bonds is 11. The molecule has 3 unspecified atom stereocenters. The normalized spacial score (nSPS) is 22.9. The summed E-state index contributed by atoms with van der Waals surface area (Å²) in [4.78, 5) is 10.7. The fourth-order valence-electron chi connectivity index (χ4n) is 3.13. The lowest BCUT2D eigenvalue weighted by Gasteiger charge is -2.28. The highest BCUT2D eigenvalue weighted by Crippen LogP contribution is 2.30. The summed E-state index contributed by atoms with van der Waals surface area (Å²) in [6, 6.07) is 0. The van der Waals surface area contributed by atoms with Gasteiger partial charge in [-0.25, -0.2) is 4.39 Å². The summed E-state index contributed by atoms with van der Waals surface area (Å²) < 4.78 is 19.5. The van der Waals surface area contributed by atoms with Gasteiger partial charge in [0.05, 0.1) is 18.8 Å². The zero-order chi connectivity index (χ0) is 19.2. The fraction of sp³-hybridized carbons (Fsp3) is 0.500. The van der Waals surface area contributed by atoms with Crippen LogP contribution in [0.5, 0.6) is 0 Å². The molecule has 1 fully saturated rings. The van der Waals surface area contributed by atoms with Crippen LogP contribution >= 0.6 is 0 Å². The Morgan fingerprint density at radius 3 is 2.85 bits per heavy atom. The van der Waals surface area contributed by atoms with E-state index in [-0.39, 0.29) is 12.5 Å². The molecule has 1 aliphatic carbocycles. The van der Waals surface area contributed by atoms with Crippen molar-refractivity contribution in [1.29, 1.82) is 0 Å². The third kappa shape index (κ3) is 10.0. The predicted octanol–water partition coefficient (Wildman–Crippen LogP) is 5.91. The van der Waals surface area contributed by atoms with Gasteiger partial charge in [-0.15, -0.1) is 0 Å². The molecule has 0 aromatic rings. The topological polar surface area (TPSA) is 46.5 Å². The number of hydrogen-bond acceptors (Lipinski definition) is 2. The highest BCUT2D eigenvalue weighted by molar-refractivity contribution is 5.70. The molecule has 26 heavy (non-hydrogen) atoms. The molecule has 0 aromatic carbocycles. The van der Waals surface area contributed by atoms with Crippen LogP contribution in [0.4, 0.5) is 4.39 Å². The lowest BCUT2D eigenvalue weighted by Crippen LogP contribution is -2.21. The molecule has 0 saturated heterocycles. The summed E-state index contributed by atoms with van der Waals surface area (Å²) in [5, 5.41) is 8.78. The Kier molecular flexibility index (Phi) is 11.1. The maximum absolute atomic E-state index is 13.7. The quantitative estimate of drug-likeness (QED) is 0.367. The van der Waals surface area contributed by atoms with Gasteiger partial charge in [-0.1, -0.05) is 49.5 Å². The van der Waals surface area contributed by atoms with Gasteiger partial charge >= 0.3 is 5.97 Å². The van der Waals surface area contributed by atoms with E-state index in [1.165, 1.54) is 0 Å². The molecule has 3 nitrogen and oxygen atoms in total. The van der Waals surface area contributed by atoms with Crippen LogP contribution in [-0.2, 0) is 9.53 Å². The predicted molar refractivity (Wildman–Crippen MR) is 105 cm³/mol. The van der Waals surface area contributed by atoms with E-state index in [0.29, 0.717) is 12.3 Å². The molecule has 0 aliphatic heterocycles. The standard InChI is InChI=1S/C22H31FO3/c1-3-5-11-20(23)14-13-19-10-8-12-21(16-19)26-15-7-6-9-18(4-2)17-22(24)25/h3-7,9,11,15,19-21H,1,8,10,12-14,16-17H2,2H3,(H,24,25)/b9-6-,11-5-,15-7+,18-4+.